The van der Waals surface area contributed by atoms with Crippen LogP contribution in [0.2, 0.25) is 0 Å². The number of hydrogen-bond donors (Lipinski definition) is 2. The van der Waals surface area contributed by atoms with Crippen molar-refractivity contribution < 1.29 is 4.74 Å². The molecule has 1 aromatic carbocycles. The fourth-order valence-corrected chi connectivity index (χ4v) is 3.91. The predicted molar refractivity (Wildman–Crippen MR) is 127 cm³/mol. The van der Waals surface area contributed by atoms with Crippen molar-refractivity contribution in [2.45, 2.75) is 44.9 Å². The van der Waals surface area contributed by atoms with Gasteiger partial charge in [0, 0.05) is 44.2 Å². The van der Waals surface area contributed by atoms with Gasteiger partial charge in [-0.25, -0.2) is 0 Å². The molecule has 2 heterocycles. The molecular formula is C21H36IN5O. The monoisotopic (exact) mass is 501 g/mol. The summed E-state index contributed by atoms with van der Waals surface area (Å²) < 4.78 is 6.16. The molecule has 1 saturated heterocycles. The van der Waals surface area contributed by atoms with E-state index in [2.05, 4.69) is 73.5 Å². The first-order valence-electron chi connectivity index (χ1n) is 10.1. The smallest absolute Gasteiger partial charge is 0.191 e. The molecule has 0 bridgehead atoms. The van der Waals surface area contributed by atoms with Crippen molar-refractivity contribution in [3.8, 4) is 5.75 Å². The van der Waals surface area contributed by atoms with Crippen molar-refractivity contribution in [1.29, 1.82) is 0 Å². The van der Waals surface area contributed by atoms with Crippen molar-refractivity contribution in [2.75, 3.05) is 46.8 Å². The minimum Gasteiger partial charge on any atom is -0.487 e. The Morgan fingerprint density at radius 2 is 2.00 bits per heavy atom. The van der Waals surface area contributed by atoms with E-state index in [0.29, 0.717) is 6.04 Å². The van der Waals surface area contributed by atoms with Crippen LogP contribution in [0.5, 0.6) is 5.75 Å². The summed E-state index contributed by atoms with van der Waals surface area (Å²) in [5, 5.41) is 7.08. The van der Waals surface area contributed by atoms with E-state index < -0.39 is 0 Å². The minimum absolute atomic E-state index is 0. The van der Waals surface area contributed by atoms with E-state index in [1.54, 1.807) is 0 Å². The van der Waals surface area contributed by atoms with Crippen LogP contribution in [0, 0.1) is 0 Å². The van der Waals surface area contributed by atoms with Gasteiger partial charge in [0.25, 0.3) is 0 Å². The van der Waals surface area contributed by atoms with Crippen molar-refractivity contribution in [3.05, 3.63) is 29.8 Å². The molecule has 158 valence electrons. The third-order valence-electron chi connectivity index (χ3n) is 5.47. The van der Waals surface area contributed by atoms with Crippen LogP contribution in [0.4, 0.5) is 0 Å². The second-order valence-corrected chi connectivity index (χ2v) is 8.42. The summed E-state index contributed by atoms with van der Waals surface area (Å²) in [4.78, 5) is 9.73. The second-order valence-electron chi connectivity index (χ2n) is 8.42. The Hall–Kier alpha value is -1.06. The molecule has 0 spiro atoms. The molecule has 2 atom stereocenters. The third kappa shape index (κ3) is 5.97. The van der Waals surface area contributed by atoms with Gasteiger partial charge in [-0.15, -0.1) is 24.0 Å². The first kappa shape index (κ1) is 23.2. The van der Waals surface area contributed by atoms with E-state index in [9.17, 15) is 0 Å². The van der Waals surface area contributed by atoms with Crippen molar-refractivity contribution in [1.82, 2.24) is 20.4 Å². The number of halogens is 1. The van der Waals surface area contributed by atoms with E-state index in [1.165, 1.54) is 5.56 Å². The Morgan fingerprint density at radius 1 is 1.25 bits per heavy atom. The maximum atomic E-state index is 6.16. The van der Waals surface area contributed by atoms with Gasteiger partial charge in [-0.1, -0.05) is 18.2 Å². The predicted octanol–water partition coefficient (Wildman–Crippen LogP) is 2.71. The average molecular weight is 501 g/mol. The fraction of sp³-hybridized carbons (Fsp3) is 0.667. The summed E-state index contributed by atoms with van der Waals surface area (Å²) in [7, 11) is 4.39. The van der Waals surface area contributed by atoms with E-state index in [-0.39, 0.29) is 35.6 Å². The third-order valence-corrected chi connectivity index (χ3v) is 5.47. The van der Waals surface area contributed by atoms with Crippen LogP contribution in [-0.2, 0) is 0 Å². The first-order chi connectivity index (χ1) is 12.9. The molecule has 2 aliphatic rings. The van der Waals surface area contributed by atoms with E-state index >= 15 is 0 Å². The van der Waals surface area contributed by atoms with Crippen molar-refractivity contribution in [2.24, 2.45) is 4.99 Å². The molecule has 0 aliphatic carbocycles. The zero-order chi connectivity index (χ0) is 19.4. The largest absolute Gasteiger partial charge is 0.487 e. The molecule has 7 heteroatoms. The molecule has 0 aromatic heterocycles. The molecule has 2 N–H and O–H groups in total. The number of nitrogens with zero attached hydrogens (tertiary/aromatic N) is 3. The van der Waals surface area contributed by atoms with Crippen LogP contribution in [0.25, 0.3) is 0 Å². The van der Waals surface area contributed by atoms with Crippen molar-refractivity contribution >= 4 is 29.9 Å². The Balaban J connectivity index is 0.00000280. The Kier molecular flexibility index (Phi) is 8.39. The highest BCUT2D eigenvalue weighted by molar-refractivity contribution is 14.0. The normalized spacial score (nSPS) is 25.2. The molecule has 0 amide bonds. The van der Waals surface area contributed by atoms with Gasteiger partial charge in [0.05, 0.1) is 12.6 Å². The van der Waals surface area contributed by atoms with Gasteiger partial charge in [0.2, 0.25) is 0 Å². The van der Waals surface area contributed by atoms with Crippen LogP contribution < -0.4 is 15.4 Å². The lowest BCUT2D eigenvalue weighted by Gasteiger charge is -2.39. The number of ether oxygens (including phenoxy) is 1. The highest BCUT2D eigenvalue weighted by Crippen LogP contribution is 2.39. The summed E-state index contributed by atoms with van der Waals surface area (Å²) in [5.41, 5.74) is 1.01. The van der Waals surface area contributed by atoms with Gasteiger partial charge >= 0.3 is 0 Å². The van der Waals surface area contributed by atoms with Gasteiger partial charge < -0.3 is 20.3 Å². The molecule has 3 rings (SSSR count). The SMILES string of the molecule is CCNC(=NCC1CN(C)CCN1C)NC1CC(C)(C)Oc2ccccc21.I. The zero-order valence-corrected chi connectivity index (χ0v) is 20.2. The fourth-order valence-electron chi connectivity index (χ4n) is 3.91. The number of nitrogens with one attached hydrogen (secondary N) is 2. The average Bonchev–Trinajstić information content (AvgIpc) is 2.61. The summed E-state index contributed by atoms with van der Waals surface area (Å²) >= 11 is 0. The molecular weight excluding hydrogens is 465 g/mol. The number of fused-ring (bicyclic) bond motifs is 1. The Labute approximate surface area is 187 Å². The van der Waals surface area contributed by atoms with Gasteiger partial charge in [-0.05, 0) is 40.9 Å². The van der Waals surface area contributed by atoms with Crippen LogP contribution in [-0.4, -0.2) is 74.2 Å². The molecule has 2 aliphatic heterocycles. The number of likely N-dealkylation sites (N-methyl/N-ethyl adjacent to an activating group) is 2. The number of guanidine groups is 1. The maximum absolute atomic E-state index is 6.16. The highest BCUT2D eigenvalue weighted by Gasteiger charge is 2.34. The molecule has 1 aromatic rings. The van der Waals surface area contributed by atoms with E-state index in [1.807, 2.05) is 6.07 Å². The number of benzene rings is 1. The van der Waals surface area contributed by atoms with Gasteiger partial charge in [0.1, 0.15) is 11.4 Å². The van der Waals surface area contributed by atoms with Crippen molar-refractivity contribution in [3.63, 3.8) is 0 Å². The van der Waals surface area contributed by atoms with Gasteiger partial charge in [0.15, 0.2) is 5.96 Å². The Morgan fingerprint density at radius 3 is 2.75 bits per heavy atom. The molecule has 28 heavy (non-hydrogen) atoms. The van der Waals surface area contributed by atoms with Crippen LogP contribution in [0.15, 0.2) is 29.3 Å². The first-order valence-corrected chi connectivity index (χ1v) is 10.1. The number of para-hydroxylation sites is 1. The lowest BCUT2D eigenvalue weighted by Crippen LogP contribution is -2.52. The summed E-state index contributed by atoms with van der Waals surface area (Å²) in [6.45, 7) is 11.3. The number of piperazine rings is 1. The van der Waals surface area contributed by atoms with Crippen LogP contribution in [0.1, 0.15) is 38.8 Å². The quantitative estimate of drug-likeness (QED) is 0.378. The Bertz CT molecular complexity index is 666. The minimum atomic E-state index is -0.199. The summed E-state index contributed by atoms with van der Waals surface area (Å²) in [6, 6.07) is 8.96. The molecule has 0 radical (unpaired) electrons. The topological polar surface area (TPSA) is 52.1 Å². The van der Waals surface area contributed by atoms with E-state index in [0.717, 1.165) is 50.9 Å². The zero-order valence-electron chi connectivity index (χ0n) is 17.9. The summed E-state index contributed by atoms with van der Waals surface area (Å²) in [6.07, 6.45) is 0.903. The molecule has 0 saturated carbocycles. The summed E-state index contributed by atoms with van der Waals surface area (Å²) in [5.74, 6) is 1.85. The molecule has 1 fully saturated rings. The lowest BCUT2D eigenvalue weighted by molar-refractivity contribution is 0.0693. The molecule has 6 nitrogen and oxygen atoms in total. The highest BCUT2D eigenvalue weighted by atomic mass is 127. The maximum Gasteiger partial charge on any atom is 0.191 e. The number of rotatable bonds is 4. The van der Waals surface area contributed by atoms with Crippen LogP contribution in [0.3, 0.4) is 0 Å². The number of hydrogen-bond acceptors (Lipinski definition) is 4. The standard InChI is InChI=1S/C21H35N5O.HI/c1-6-22-20(23-14-16-15-25(4)11-12-26(16)5)24-18-13-21(2,3)27-19-10-8-7-9-17(18)19;/h7-10,16,18H,6,11-15H2,1-5H3,(H2,22,23,24);1H. The van der Waals surface area contributed by atoms with Crippen LogP contribution >= 0.6 is 24.0 Å². The lowest BCUT2D eigenvalue weighted by atomic mass is 9.90. The van der Waals surface area contributed by atoms with E-state index in [4.69, 9.17) is 9.73 Å². The number of aliphatic imine (C=N–C) groups is 1. The molecule has 2 unspecified atom stereocenters. The van der Waals surface area contributed by atoms with Gasteiger partial charge in [-0.2, -0.15) is 0 Å². The second kappa shape index (κ2) is 10.1. The van der Waals surface area contributed by atoms with Gasteiger partial charge in [-0.3, -0.25) is 9.89 Å².